The number of rotatable bonds is 2. The van der Waals surface area contributed by atoms with Gasteiger partial charge in [0.2, 0.25) is 5.90 Å². The summed E-state index contributed by atoms with van der Waals surface area (Å²) in [5, 5.41) is 0. The van der Waals surface area contributed by atoms with E-state index >= 15 is 0 Å². The van der Waals surface area contributed by atoms with Gasteiger partial charge in [-0.2, -0.15) is 18.2 Å². The van der Waals surface area contributed by atoms with E-state index in [2.05, 4.69) is 15.0 Å². The molecule has 1 saturated heterocycles. The van der Waals surface area contributed by atoms with Crippen LogP contribution in [-0.4, -0.2) is 29.3 Å². The third kappa shape index (κ3) is 3.53. The first kappa shape index (κ1) is 17.1. The van der Waals surface area contributed by atoms with Gasteiger partial charge in [0.15, 0.2) is 12.6 Å². The number of nitrogen functional groups attached to an aromatic ring is 1. The second-order valence-corrected chi connectivity index (χ2v) is 5.17. The van der Waals surface area contributed by atoms with E-state index in [0.717, 1.165) is 12.1 Å². The van der Waals surface area contributed by atoms with Crippen LogP contribution in [0.4, 0.5) is 29.1 Å². The van der Waals surface area contributed by atoms with E-state index in [9.17, 15) is 17.6 Å². The zero-order valence-electron chi connectivity index (χ0n) is 12.9. The lowest BCUT2D eigenvalue weighted by Crippen LogP contribution is -2.07. The number of ether oxygens (including phenoxy) is 2. The molecule has 0 aliphatic carbocycles. The molecule has 0 atom stereocenters. The van der Waals surface area contributed by atoms with Crippen molar-refractivity contribution in [2.75, 3.05) is 19.1 Å². The highest BCUT2D eigenvalue weighted by atomic mass is 19.4. The first-order valence-electron chi connectivity index (χ1n) is 7.05. The molecule has 2 heterocycles. The Morgan fingerprint density at radius 3 is 2.60 bits per heavy atom. The molecule has 25 heavy (non-hydrogen) atoms. The molecule has 0 saturated carbocycles. The minimum Gasteiger partial charge on any atom is -0.452 e. The summed E-state index contributed by atoms with van der Waals surface area (Å²) in [6.07, 6.45) is -4.65. The molecule has 0 amide bonds. The molecule has 1 aromatic carbocycles. The van der Waals surface area contributed by atoms with Gasteiger partial charge in [0, 0.05) is 5.56 Å². The van der Waals surface area contributed by atoms with Gasteiger partial charge in [0.25, 0.3) is 0 Å². The SMILES string of the molecule is Cc1nc(N=C2COCO2)c(N)c(-c2ccc(C(F)(F)F)cc2F)n1. The summed E-state index contributed by atoms with van der Waals surface area (Å²) in [7, 11) is 0. The Morgan fingerprint density at radius 2 is 2.00 bits per heavy atom. The molecule has 2 N–H and O–H groups in total. The Morgan fingerprint density at radius 1 is 1.24 bits per heavy atom. The maximum Gasteiger partial charge on any atom is 0.416 e. The molecule has 1 fully saturated rings. The molecule has 1 aliphatic heterocycles. The minimum absolute atomic E-state index is 0.0299. The lowest BCUT2D eigenvalue weighted by molar-refractivity contribution is -0.137. The Labute approximate surface area is 139 Å². The molecule has 0 bridgehead atoms. The van der Waals surface area contributed by atoms with Crippen molar-refractivity contribution >= 4 is 17.4 Å². The van der Waals surface area contributed by atoms with Gasteiger partial charge in [-0.1, -0.05) is 0 Å². The van der Waals surface area contributed by atoms with Crippen molar-refractivity contribution in [1.29, 1.82) is 0 Å². The Kier molecular flexibility index (Phi) is 4.29. The normalized spacial score (nSPS) is 16.3. The van der Waals surface area contributed by atoms with Gasteiger partial charge >= 0.3 is 6.18 Å². The molecule has 2 aromatic rings. The van der Waals surface area contributed by atoms with Crippen molar-refractivity contribution in [1.82, 2.24) is 9.97 Å². The number of nitrogens with two attached hydrogens (primary N) is 1. The van der Waals surface area contributed by atoms with E-state index in [1.807, 2.05) is 0 Å². The maximum absolute atomic E-state index is 14.2. The number of anilines is 1. The minimum atomic E-state index is -4.65. The lowest BCUT2D eigenvalue weighted by Gasteiger charge is -2.12. The van der Waals surface area contributed by atoms with Crippen LogP contribution in [0.15, 0.2) is 23.2 Å². The average molecular weight is 356 g/mol. The van der Waals surface area contributed by atoms with Gasteiger partial charge in [-0.25, -0.2) is 14.4 Å². The van der Waals surface area contributed by atoms with Crippen LogP contribution < -0.4 is 5.73 Å². The van der Waals surface area contributed by atoms with Crippen molar-refractivity contribution < 1.29 is 27.0 Å². The Bertz CT molecular complexity index is 844. The predicted molar refractivity (Wildman–Crippen MR) is 80.6 cm³/mol. The zero-order chi connectivity index (χ0) is 18.2. The summed E-state index contributed by atoms with van der Waals surface area (Å²) >= 11 is 0. The quantitative estimate of drug-likeness (QED) is 0.836. The van der Waals surface area contributed by atoms with Gasteiger partial charge < -0.3 is 15.2 Å². The van der Waals surface area contributed by atoms with Gasteiger partial charge in [0.1, 0.15) is 29.6 Å². The summed E-state index contributed by atoms with van der Waals surface area (Å²) in [4.78, 5) is 12.2. The molecule has 1 aromatic heterocycles. The van der Waals surface area contributed by atoms with E-state index in [-0.39, 0.29) is 47.9 Å². The fraction of sp³-hybridized carbons (Fsp3) is 0.267. The van der Waals surface area contributed by atoms with Crippen molar-refractivity contribution in [2.24, 2.45) is 4.99 Å². The average Bonchev–Trinajstić information content (AvgIpc) is 3.03. The lowest BCUT2D eigenvalue weighted by atomic mass is 10.1. The number of halogens is 4. The summed E-state index contributed by atoms with van der Waals surface area (Å²) in [6, 6.07) is 2.13. The van der Waals surface area contributed by atoms with E-state index in [1.165, 1.54) is 6.92 Å². The second kappa shape index (κ2) is 6.28. The summed E-state index contributed by atoms with van der Waals surface area (Å²) in [6.45, 7) is 1.70. The topological polar surface area (TPSA) is 82.6 Å². The molecule has 132 valence electrons. The number of benzene rings is 1. The van der Waals surface area contributed by atoms with Crippen molar-refractivity contribution in [3.63, 3.8) is 0 Å². The van der Waals surface area contributed by atoms with Crippen LogP contribution in [0.3, 0.4) is 0 Å². The van der Waals surface area contributed by atoms with Crippen LogP contribution in [0.5, 0.6) is 0 Å². The third-order valence-electron chi connectivity index (χ3n) is 3.35. The fourth-order valence-electron chi connectivity index (χ4n) is 2.20. The molecular formula is C15H12F4N4O2. The van der Waals surface area contributed by atoms with E-state index in [1.54, 1.807) is 0 Å². The Balaban J connectivity index is 2.08. The summed E-state index contributed by atoms with van der Waals surface area (Å²) < 4.78 is 62.3. The second-order valence-electron chi connectivity index (χ2n) is 5.17. The zero-order valence-corrected chi connectivity index (χ0v) is 12.9. The predicted octanol–water partition coefficient (Wildman–Crippen LogP) is 3.23. The molecule has 6 nitrogen and oxygen atoms in total. The monoisotopic (exact) mass is 356 g/mol. The van der Waals surface area contributed by atoms with E-state index < -0.39 is 17.6 Å². The molecule has 0 radical (unpaired) electrons. The van der Waals surface area contributed by atoms with Crippen LogP contribution >= 0.6 is 0 Å². The number of alkyl halides is 3. The first-order chi connectivity index (χ1) is 11.8. The molecule has 10 heteroatoms. The van der Waals surface area contributed by atoms with Crippen LogP contribution in [0.1, 0.15) is 11.4 Å². The number of aryl methyl sites for hydroxylation is 1. The van der Waals surface area contributed by atoms with Crippen LogP contribution in [0.2, 0.25) is 0 Å². The summed E-state index contributed by atoms with van der Waals surface area (Å²) in [5.74, 6) is -0.605. The van der Waals surface area contributed by atoms with Crippen molar-refractivity contribution in [2.45, 2.75) is 13.1 Å². The number of aromatic nitrogens is 2. The molecule has 1 aliphatic rings. The van der Waals surface area contributed by atoms with E-state index in [4.69, 9.17) is 15.2 Å². The van der Waals surface area contributed by atoms with Gasteiger partial charge in [0.05, 0.1) is 5.56 Å². The standard InChI is InChI=1S/C15H12F4N4O2/c1-7-21-13(9-3-2-8(4-10(9)16)15(17,18)19)12(20)14(22-7)23-11-5-24-6-25-11/h2-4H,5-6,20H2,1H3. The number of aliphatic imine (C=N–C) groups is 1. The highest BCUT2D eigenvalue weighted by Crippen LogP contribution is 2.36. The molecule has 3 rings (SSSR count). The van der Waals surface area contributed by atoms with E-state index in [0.29, 0.717) is 6.07 Å². The van der Waals surface area contributed by atoms with Crippen molar-refractivity contribution in [3.05, 3.63) is 35.4 Å². The molecular weight excluding hydrogens is 344 g/mol. The highest BCUT2D eigenvalue weighted by molar-refractivity contribution is 5.86. The number of hydrogen-bond acceptors (Lipinski definition) is 6. The van der Waals surface area contributed by atoms with Crippen LogP contribution in [0, 0.1) is 12.7 Å². The third-order valence-corrected chi connectivity index (χ3v) is 3.35. The number of hydrogen-bond donors (Lipinski definition) is 1. The summed E-state index contributed by atoms with van der Waals surface area (Å²) in [5.41, 5.74) is 4.54. The maximum atomic E-state index is 14.2. The van der Waals surface area contributed by atoms with Gasteiger partial charge in [-0.05, 0) is 25.1 Å². The van der Waals surface area contributed by atoms with Crippen LogP contribution in [0.25, 0.3) is 11.3 Å². The largest absolute Gasteiger partial charge is 0.452 e. The first-order valence-corrected chi connectivity index (χ1v) is 7.05. The van der Waals surface area contributed by atoms with Crippen molar-refractivity contribution in [3.8, 4) is 11.3 Å². The molecule has 0 unspecified atom stereocenters. The van der Waals surface area contributed by atoms with Gasteiger partial charge in [-0.15, -0.1) is 0 Å². The smallest absolute Gasteiger partial charge is 0.416 e. The number of nitrogens with zero attached hydrogens (tertiary/aromatic N) is 3. The molecule has 0 spiro atoms. The van der Waals surface area contributed by atoms with Crippen LogP contribution in [-0.2, 0) is 15.7 Å². The highest BCUT2D eigenvalue weighted by Gasteiger charge is 2.31. The fourth-order valence-corrected chi connectivity index (χ4v) is 2.20. The Hall–Kier alpha value is -2.75. The van der Waals surface area contributed by atoms with Gasteiger partial charge in [-0.3, -0.25) is 0 Å².